The number of aromatic carboxylic acids is 1. The molecule has 1 aromatic rings. The fraction of sp³-hybridized carbons (Fsp3) is 0.364. The molecule has 7 heteroatoms. The highest BCUT2D eigenvalue weighted by Crippen LogP contribution is 2.20. The molecule has 2 N–H and O–H groups in total. The van der Waals surface area contributed by atoms with Crippen molar-refractivity contribution in [1.82, 2.24) is 4.72 Å². The molecule has 0 aliphatic rings. The molecule has 0 aromatic heterocycles. The van der Waals surface area contributed by atoms with Gasteiger partial charge in [0.1, 0.15) is 0 Å². The van der Waals surface area contributed by atoms with Crippen molar-refractivity contribution in [2.75, 3.05) is 6.54 Å². The standard InChI is InChI=1S/C11H14ClNO4S/c1-7(2)6-13-18(16,17)8-3-4-9(11(14)15)10(12)5-8/h3-5,7,13H,6H2,1-2H3,(H,14,15). The van der Waals surface area contributed by atoms with Gasteiger partial charge in [0.15, 0.2) is 0 Å². The second-order valence-electron chi connectivity index (χ2n) is 4.19. The molecule has 0 atom stereocenters. The van der Waals surface area contributed by atoms with Crippen LogP contribution in [-0.4, -0.2) is 26.0 Å². The average molecular weight is 292 g/mol. The van der Waals surface area contributed by atoms with Gasteiger partial charge in [-0.15, -0.1) is 0 Å². The number of benzene rings is 1. The molecule has 18 heavy (non-hydrogen) atoms. The van der Waals surface area contributed by atoms with Crippen LogP contribution >= 0.6 is 11.6 Å². The minimum Gasteiger partial charge on any atom is -0.478 e. The van der Waals surface area contributed by atoms with E-state index in [-0.39, 0.29) is 21.4 Å². The lowest BCUT2D eigenvalue weighted by atomic mass is 10.2. The van der Waals surface area contributed by atoms with Gasteiger partial charge in [0, 0.05) is 6.54 Å². The SMILES string of the molecule is CC(C)CNS(=O)(=O)c1ccc(C(=O)O)c(Cl)c1. The molecule has 0 bridgehead atoms. The van der Waals surface area contributed by atoms with E-state index in [9.17, 15) is 13.2 Å². The Balaban J connectivity index is 3.04. The van der Waals surface area contributed by atoms with Crippen molar-refractivity contribution in [2.24, 2.45) is 5.92 Å². The second kappa shape index (κ2) is 5.69. The second-order valence-corrected chi connectivity index (χ2v) is 6.37. The predicted octanol–water partition coefficient (Wildman–Crippen LogP) is 1.97. The number of halogens is 1. The first-order chi connectivity index (χ1) is 8.24. The fourth-order valence-corrected chi connectivity index (χ4v) is 2.76. The summed E-state index contributed by atoms with van der Waals surface area (Å²) < 4.78 is 26.1. The zero-order chi connectivity index (χ0) is 13.9. The third-order valence-corrected chi connectivity index (χ3v) is 3.90. The number of nitrogens with one attached hydrogen (secondary N) is 1. The molecular formula is C11H14ClNO4S. The molecular weight excluding hydrogens is 278 g/mol. The Labute approximate surface area is 111 Å². The molecule has 0 aliphatic heterocycles. The van der Waals surface area contributed by atoms with E-state index in [0.717, 1.165) is 6.07 Å². The number of carbonyl (C=O) groups is 1. The van der Waals surface area contributed by atoms with Crippen LogP contribution in [0.5, 0.6) is 0 Å². The molecule has 0 spiro atoms. The van der Waals surface area contributed by atoms with Crippen molar-refractivity contribution in [2.45, 2.75) is 18.7 Å². The van der Waals surface area contributed by atoms with Gasteiger partial charge >= 0.3 is 5.97 Å². The van der Waals surface area contributed by atoms with Gasteiger partial charge in [-0.1, -0.05) is 25.4 Å². The molecule has 1 rings (SSSR count). The minimum atomic E-state index is -3.65. The van der Waals surface area contributed by atoms with Crippen molar-refractivity contribution >= 4 is 27.6 Å². The van der Waals surface area contributed by atoms with Gasteiger partial charge in [-0.2, -0.15) is 0 Å². The molecule has 0 saturated heterocycles. The summed E-state index contributed by atoms with van der Waals surface area (Å²) in [5, 5.41) is 8.68. The first kappa shape index (κ1) is 14.9. The first-order valence-corrected chi connectivity index (χ1v) is 7.12. The number of hydrogen-bond donors (Lipinski definition) is 2. The van der Waals surface area contributed by atoms with Crippen molar-refractivity contribution in [3.05, 3.63) is 28.8 Å². The summed E-state index contributed by atoms with van der Waals surface area (Å²) in [4.78, 5) is 10.7. The Bertz CT molecular complexity index is 554. The van der Waals surface area contributed by atoms with Gasteiger partial charge in [0.05, 0.1) is 15.5 Å². The van der Waals surface area contributed by atoms with Gasteiger partial charge in [0.2, 0.25) is 10.0 Å². The quantitative estimate of drug-likeness (QED) is 0.869. The Morgan fingerprint density at radius 2 is 2.06 bits per heavy atom. The minimum absolute atomic E-state index is 0.0434. The molecule has 0 fully saturated rings. The summed E-state index contributed by atoms with van der Waals surface area (Å²) in [5.74, 6) is -1.02. The zero-order valence-corrected chi connectivity index (χ0v) is 11.5. The number of carboxylic acids is 1. The van der Waals surface area contributed by atoms with Crippen LogP contribution in [0, 0.1) is 5.92 Å². The van der Waals surface area contributed by atoms with Gasteiger partial charge < -0.3 is 5.11 Å². The average Bonchev–Trinajstić information content (AvgIpc) is 2.26. The van der Waals surface area contributed by atoms with Crippen LogP contribution in [-0.2, 0) is 10.0 Å². The van der Waals surface area contributed by atoms with Crippen molar-refractivity contribution in [3.63, 3.8) is 0 Å². The van der Waals surface area contributed by atoms with Crippen LogP contribution < -0.4 is 4.72 Å². The lowest BCUT2D eigenvalue weighted by Gasteiger charge is -2.09. The topological polar surface area (TPSA) is 83.5 Å². The van der Waals surface area contributed by atoms with E-state index >= 15 is 0 Å². The van der Waals surface area contributed by atoms with Crippen LogP contribution in [0.3, 0.4) is 0 Å². The molecule has 100 valence electrons. The summed E-state index contributed by atoms with van der Waals surface area (Å²) in [6.07, 6.45) is 0. The molecule has 0 aliphatic carbocycles. The van der Waals surface area contributed by atoms with Gasteiger partial charge in [-0.3, -0.25) is 0 Å². The normalized spacial score (nSPS) is 11.8. The lowest BCUT2D eigenvalue weighted by Crippen LogP contribution is -2.27. The molecule has 5 nitrogen and oxygen atoms in total. The van der Waals surface area contributed by atoms with Crippen molar-refractivity contribution < 1.29 is 18.3 Å². The smallest absolute Gasteiger partial charge is 0.337 e. The van der Waals surface area contributed by atoms with Gasteiger partial charge in [0.25, 0.3) is 0 Å². The maximum atomic E-state index is 11.9. The number of sulfonamides is 1. The summed E-state index contributed by atoms with van der Waals surface area (Å²) >= 11 is 5.72. The lowest BCUT2D eigenvalue weighted by molar-refractivity contribution is 0.0697. The Morgan fingerprint density at radius 3 is 2.50 bits per heavy atom. The van der Waals surface area contributed by atoms with E-state index in [1.807, 2.05) is 13.8 Å². The monoisotopic (exact) mass is 291 g/mol. The van der Waals surface area contributed by atoms with Gasteiger partial charge in [-0.25, -0.2) is 17.9 Å². The van der Waals surface area contributed by atoms with E-state index in [4.69, 9.17) is 16.7 Å². The summed E-state index contributed by atoms with van der Waals surface area (Å²) in [6.45, 7) is 4.06. The largest absolute Gasteiger partial charge is 0.478 e. The van der Waals surface area contributed by atoms with E-state index in [0.29, 0.717) is 6.54 Å². The molecule has 0 unspecified atom stereocenters. The summed E-state index contributed by atoms with van der Waals surface area (Å²) in [6, 6.07) is 3.53. The Morgan fingerprint density at radius 1 is 1.44 bits per heavy atom. The van der Waals surface area contributed by atoms with Crippen LogP contribution in [0.25, 0.3) is 0 Å². The third kappa shape index (κ3) is 3.69. The Hall–Kier alpha value is -1.11. The van der Waals surface area contributed by atoms with Crippen molar-refractivity contribution in [1.29, 1.82) is 0 Å². The van der Waals surface area contributed by atoms with Crippen LogP contribution in [0.15, 0.2) is 23.1 Å². The summed E-state index contributed by atoms with van der Waals surface area (Å²) in [7, 11) is -3.65. The highest BCUT2D eigenvalue weighted by molar-refractivity contribution is 7.89. The molecule has 0 amide bonds. The van der Waals surface area contributed by atoms with E-state index in [2.05, 4.69) is 4.72 Å². The maximum Gasteiger partial charge on any atom is 0.337 e. The maximum absolute atomic E-state index is 11.9. The van der Waals surface area contributed by atoms with Crippen molar-refractivity contribution in [3.8, 4) is 0 Å². The predicted molar refractivity (Wildman–Crippen MR) is 68.4 cm³/mol. The van der Waals surface area contributed by atoms with E-state index in [1.54, 1.807) is 0 Å². The van der Waals surface area contributed by atoms with Crippen LogP contribution in [0.2, 0.25) is 5.02 Å². The third-order valence-electron chi connectivity index (χ3n) is 2.16. The number of carboxylic acid groups (broad SMARTS) is 1. The molecule has 0 radical (unpaired) electrons. The molecule has 0 heterocycles. The van der Waals surface area contributed by atoms with Crippen LogP contribution in [0.4, 0.5) is 0 Å². The number of rotatable bonds is 5. The highest BCUT2D eigenvalue weighted by atomic mass is 35.5. The Kier molecular flexibility index (Phi) is 4.72. The highest BCUT2D eigenvalue weighted by Gasteiger charge is 2.17. The van der Waals surface area contributed by atoms with Crippen LogP contribution in [0.1, 0.15) is 24.2 Å². The zero-order valence-electron chi connectivity index (χ0n) is 9.97. The van der Waals surface area contributed by atoms with E-state index in [1.165, 1.54) is 12.1 Å². The number of hydrogen-bond acceptors (Lipinski definition) is 3. The summed E-state index contributed by atoms with van der Waals surface area (Å²) in [5.41, 5.74) is -0.125. The first-order valence-electron chi connectivity index (χ1n) is 5.26. The van der Waals surface area contributed by atoms with Gasteiger partial charge in [-0.05, 0) is 24.1 Å². The molecule has 1 aromatic carbocycles. The molecule has 0 saturated carbocycles. The van der Waals surface area contributed by atoms with E-state index < -0.39 is 16.0 Å². The fourth-order valence-electron chi connectivity index (χ4n) is 1.20.